The van der Waals surface area contributed by atoms with E-state index in [1.807, 2.05) is 13.8 Å². The summed E-state index contributed by atoms with van der Waals surface area (Å²) in [6.07, 6.45) is 7.94. The van der Waals surface area contributed by atoms with Crippen molar-refractivity contribution < 1.29 is 27.2 Å². The van der Waals surface area contributed by atoms with Gasteiger partial charge < -0.3 is 16.1 Å². The molecule has 3 fully saturated rings. The van der Waals surface area contributed by atoms with Crippen LogP contribution in [0, 0.1) is 23.7 Å². The second-order valence-electron chi connectivity index (χ2n) is 11.6. The maximum absolute atomic E-state index is 14.5. The van der Waals surface area contributed by atoms with Gasteiger partial charge in [-0.05, 0) is 50.5 Å². The number of halogens is 4. The molecule has 15 heteroatoms. The van der Waals surface area contributed by atoms with Gasteiger partial charge in [0, 0.05) is 12.2 Å². The summed E-state index contributed by atoms with van der Waals surface area (Å²) in [6, 6.07) is 0.544. The molecule has 11 nitrogen and oxygen atoms in total. The molecule has 0 spiro atoms. The average molecular weight is 598 g/mol. The maximum Gasteiger partial charge on any atom is 0.408 e. The zero-order valence-electron chi connectivity index (χ0n) is 23.8. The quantitative estimate of drug-likeness (QED) is 0.0953. The molecule has 3 saturated carbocycles. The van der Waals surface area contributed by atoms with Crippen molar-refractivity contribution in [3.63, 3.8) is 0 Å². The fourth-order valence-corrected chi connectivity index (χ4v) is 4.58. The molecule has 0 bridgehead atoms. The monoisotopic (exact) mass is 597 g/mol. The van der Waals surface area contributed by atoms with Gasteiger partial charge in [0.15, 0.2) is 0 Å². The van der Waals surface area contributed by atoms with E-state index in [0.29, 0.717) is 6.42 Å². The number of hydrogen-bond donors (Lipinski definition) is 4. The number of anilines is 1. The molecular formula is C27H39F4N9O2. The molecule has 2 aromatic rings. The highest BCUT2D eigenvalue weighted by Crippen LogP contribution is 2.44. The van der Waals surface area contributed by atoms with Gasteiger partial charge in [0.1, 0.15) is 29.8 Å². The molecule has 42 heavy (non-hydrogen) atoms. The molecule has 0 radical (unpaired) electrons. The minimum atomic E-state index is -4.54. The predicted molar refractivity (Wildman–Crippen MR) is 148 cm³/mol. The molecule has 0 aliphatic heterocycles. The first-order valence-corrected chi connectivity index (χ1v) is 14.4. The Morgan fingerprint density at radius 2 is 1.76 bits per heavy atom. The van der Waals surface area contributed by atoms with E-state index in [9.17, 15) is 27.2 Å². The molecule has 2 aromatic heterocycles. The first kappa shape index (κ1) is 31.4. The van der Waals surface area contributed by atoms with E-state index < -0.39 is 43.1 Å². The topological polar surface area (TPSA) is 144 Å². The van der Waals surface area contributed by atoms with Crippen LogP contribution in [0.3, 0.4) is 0 Å². The standard InChI is InChI=1S/C20H27F4N9O2.C7H12/c1-11(2)33-14(5-6-28-33)19(35)26-8-16(34)29-13-9-32(31-17(13)21)15(7-12-3-4-12)18(30-25)27-10-20(22,23)24;1-2-6(1)5-7-3-4-7/h5-6,9,11-12,15H,3-4,7-8,10,25H2,1-2H3,(H,26,35)(H,27,30)(H,29,34);6-7H,1-5H2. The van der Waals surface area contributed by atoms with Gasteiger partial charge in [0.05, 0.1) is 12.7 Å². The van der Waals surface area contributed by atoms with Crippen molar-refractivity contribution >= 4 is 23.3 Å². The summed E-state index contributed by atoms with van der Waals surface area (Å²) < 4.78 is 55.0. The lowest BCUT2D eigenvalue weighted by atomic mass is 10.1. The summed E-state index contributed by atoms with van der Waals surface area (Å²) in [6.45, 7) is 1.76. The number of rotatable bonds is 12. The second kappa shape index (κ2) is 13.7. The third-order valence-electron chi connectivity index (χ3n) is 7.29. The van der Waals surface area contributed by atoms with Gasteiger partial charge in [-0.15, -0.1) is 5.10 Å². The molecule has 3 aliphatic rings. The normalized spacial score (nSPS) is 17.9. The van der Waals surface area contributed by atoms with Crippen LogP contribution >= 0.6 is 0 Å². The zero-order valence-corrected chi connectivity index (χ0v) is 23.8. The summed E-state index contributed by atoms with van der Waals surface area (Å²) in [5, 5.41) is 12.5. The van der Waals surface area contributed by atoms with Crippen molar-refractivity contribution in [1.29, 1.82) is 0 Å². The largest absolute Gasteiger partial charge is 0.408 e. The number of hydrogen-bond acceptors (Lipinski definition) is 6. The first-order chi connectivity index (χ1) is 19.9. The summed E-state index contributed by atoms with van der Waals surface area (Å²) >= 11 is 0. The predicted octanol–water partition coefficient (Wildman–Crippen LogP) is 4.13. The molecule has 1 atom stereocenters. The third kappa shape index (κ3) is 9.81. The Labute approximate surface area is 241 Å². The molecule has 1 unspecified atom stereocenters. The third-order valence-corrected chi connectivity index (χ3v) is 7.29. The Morgan fingerprint density at radius 1 is 1.12 bits per heavy atom. The summed E-state index contributed by atoms with van der Waals surface area (Å²) in [5.74, 6) is 5.47. The van der Waals surface area contributed by atoms with Crippen LogP contribution < -0.4 is 21.9 Å². The minimum absolute atomic E-state index is 0.0735. The van der Waals surface area contributed by atoms with Crippen molar-refractivity contribution in [2.45, 2.75) is 83.5 Å². The van der Waals surface area contributed by atoms with Crippen LogP contribution in [0.15, 0.2) is 23.5 Å². The number of carbonyl (C=O) groups excluding carboxylic acids is 2. The van der Waals surface area contributed by atoms with Crippen molar-refractivity contribution in [1.82, 2.24) is 30.3 Å². The van der Waals surface area contributed by atoms with E-state index in [-0.39, 0.29) is 29.2 Å². The number of aliphatic imine (C=N–C) groups is 1. The van der Waals surface area contributed by atoms with Crippen molar-refractivity contribution in [2.75, 3.05) is 18.4 Å². The molecule has 0 saturated heterocycles. The highest BCUT2D eigenvalue weighted by atomic mass is 19.4. The fourth-order valence-electron chi connectivity index (χ4n) is 4.58. The van der Waals surface area contributed by atoms with Crippen LogP contribution in [-0.2, 0) is 4.79 Å². The average Bonchev–Trinajstić information content (AvgIpc) is 3.87. The van der Waals surface area contributed by atoms with E-state index in [1.54, 1.807) is 32.1 Å². The van der Waals surface area contributed by atoms with Crippen LogP contribution in [0.2, 0.25) is 0 Å². The van der Waals surface area contributed by atoms with E-state index in [2.05, 4.69) is 31.2 Å². The Kier molecular flexibility index (Phi) is 10.2. The summed E-state index contributed by atoms with van der Waals surface area (Å²) in [4.78, 5) is 28.1. The molecule has 0 aromatic carbocycles. The van der Waals surface area contributed by atoms with Crippen LogP contribution in [0.1, 0.15) is 87.8 Å². The lowest BCUT2D eigenvalue weighted by Crippen LogP contribution is -2.39. The van der Waals surface area contributed by atoms with Crippen molar-refractivity contribution in [3.05, 3.63) is 30.1 Å². The van der Waals surface area contributed by atoms with Crippen molar-refractivity contribution in [3.8, 4) is 0 Å². The SMILES string of the molecule is C1CC1CC1CC1.CC(C)n1nccc1C(=O)NCC(=O)Nc1cn(C(CC2CC2)C(=NCC(F)(F)F)NN)nc1F. The smallest absolute Gasteiger partial charge is 0.342 e. The summed E-state index contributed by atoms with van der Waals surface area (Å²) in [7, 11) is 0. The van der Waals surface area contributed by atoms with Gasteiger partial charge in [-0.3, -0.25) is 23.9 Å². The van der Waals surface area contributed by atoms with Gasteiger partial charge >= 0.3 is 6.18 Å². The van der Waals surface area contributed by atoms with E-state index >= 15 is 0 Å². The highest BCUT2D eigenvalue weighted by Gasteiger charge is 2.33. The molecule has 5 N–H and O–H groups in total. The Hall–Kier alpha value is -3.49. The Balaban J connectivity index is 0.000000496. The Bertz CT molecular complexity index is 1230. The van der Waals surface area contributed by atoms with E-state index in [1.165, 1.54) is 28.8 Å². The number of amidine groups is 1. The first-order valence-electron chi connectivity index (χ1n) is 14.4. The molecule has 2 amide bonds. The lowest BCUT2D eigenvalue weighted by molar-refractivity contribution is -0.118. The highest BCUT2D eigenvalue weighted by molar-refractivity contribution is 5.98. The van der Waals surface area contributed by atoms with E-state index in [0.717, 1.165) is 23.7 Å². The van der Waals surface area contributed by atoms with Gasteiger partial charge in [-0.2, -0.15) is 22.7 Å². The number of nitrogens with one attached hydrogen (secondary N) is 3. The molecule has 232 valence electrons. The minimum Gasteiger partial charge on any atom is -0.342 e. The van der Waals surface area contributed by atoms with Crippen LogP contribution in [0.5, 0.6) is 0 Å². The number of nitrogens with two attached hydrogens (primary N) is 1. The van der Waals surface area contributed by atoms with Gasteiger partial charge in [0.2, 0.25) is 5.91 Å². The molecular weight excluding hydrogens is 558 g/mol. The number of carbonyl (C=O) groups is 2. The lowest BCUT2D eigenvalue weighted by Gasteiger charge is -2.19. The van der Waals surface area contributed by atoms with Gasteiger partial charge in [0.25, 0.3) is 11.9 Å². The molecule has 3 aliphatic carbocycles. The number of alkyl halides is 3. The number of aromatic nitrogens is 4. The molecule has 2 heterocycles. The van der Waals surface area contributed by atoms with E-state index in [4.69, 9.17) is 5.84 Å². The number of nitrogens with zero attached hydrogens (tertiary/aromatic N) is 5. The molecule has 5 rings (SSSR count). The summed E-state index contributed by atoms with van der Waals surface area (Å²) in [5.41, 5.74) is 2.12. The fraction of sp³-hybridized carbons (Fsp3) is 0.667. The second-order valence-corrected chi connectivity index (χ2v) is 11.6. The van der Waals surface area contributed by atoms with Crippen LogP contribution in [-0.4, -0.2) is 56.5 Å². The van der Waals surface area contributed by atoms with Crippen molar-refractivity contribution in [2.24, 2.45) is 28.6 Å². The Morgan fingerprint density at radius 3 is 2.31 bits per heavy atom. The number of hydrazine groups is 1. The zero-order chi connectivity index (χ0) is 30.4. The maximum atomic E-state index is 14.5. The van der Waals surface area contributed by atoms with Gasteiger partial charge in [-0.25, -0.2) is 5.84 Å². The number of amides is 2. The van der Waals surface area contributed by atoms with Crippen LogP contribution in [0.25, 0.3) is 0 Å². The van der Waals surface area contributed by atoms with Crippen LogP contribution in [0.4, 0.5) is 23.2 Å². The van der Waals surface area contributed by atoms with Gasteiger partial charge in [-0.1, -0.05) is 38.5 Å².